The number of carbonyl (C=O) groups is 1. The number of carbonyl (C=O) groups excluding carboxylic acids is 1. The molecule has 0 atom stereocenters. The summed E-state index contributed by atoms with van der Waals surface area (Å²) in [4.78, 5) is 14.9. The third-order valence-corrected chi connectivity index (χ3v) is 5.63. The van der Waals surface area contributed by atoms with Crippen molar-refractivity contribution in [1.82, 2.24) is 9.47 Å². The molecular formula is C16H23BrN2O. The van der Waals surface area contributed by atoms with Crippen molar-refractivity contribution in [2.75, 3.05) is 13.1 Å². The Hall–Kier alpha value is -0.770. The largest absolute Gasteiger partial charge is 0.339 e. The molecule has 2 heterocycles. The number of rotatable bonds is 4. The molecule has 1 saturated heterocycles. The van der Waals surface area contributed by atoms with Crippen LogP contribution in [0, 0.1) is 5.41 Å². The number of hydrogen-bond acceptors (Lipinski definition) is 1. The second-order valence-corrected chi connectivity index (χ2v) is 7.28. The molecule has 0 N–H and O–H groups in total. The first kappa shape index (κ1) is 14.2. The number of hydrogen-bond donors (Lipinski definition) is 0. The molecule has 20 heavy (non-hydrogen) atoms. The summed E-state index contributed by atoms with van der Waals surface area (Å²) in [6.45, 7) is 6.34. The van der Waals surface area contributed by atoms with Crippen LogP contribution < -0.4 is 0 Å². The first-order valence-corrected chi connectivity index (χ1v) is 8.54. The van der Waals surface area contributed by atoms with Crippen LogP contribution in [0.4, 0.5) is 0 Å². The van der Waals surface area contributed by atoms with Gasteiger partial charge in [0.25, 0.3) is 5.91 Å². The van der Waals surface area contributed by atoms with E-state index in [-0.39, 0.29) is 5.91 Å². The molecule has 1 aliphatic carbocycles. The van der Waals surface area contributed by atoms with Crippen molar-refractivity contribution in [1.29, 1.82) is 0 Å². The quantitative estimate of drug-likeness (QED) is 0.806. The van der Waals surface area contributed by atoms with Crippen LogP contribution in [0.1, 0.15) is 62.5 Å². The van der Waals surface area contributed by atoms with Gasteiger partial charge in [0.05, 0.1) is 0 Å². The van der Waals surface area contributed by atoms with Gasteiger partial charge in [-0.05, 0) is 59.5 Å². The molecule has 2 fully saturated rings. The van der Waals surface area contributed by atoms with E-state index in [2.05, 4.69) is 45.4 Å². The SMILES string of the molecule is CCC1(CC)CCN(C(=O)c2cc(Br)cn2C2CC2)C1. The summed E-state index contributed by atoms with van der Waals surface area (Å²) >= 11 is 3.51. The van der Waals surface area contributed by atoms with Gasteiger partial charge in [0, 0.05) is 29.8 Å². The lowest BCUT2D eigenvalue weighted by Crippen LogP contribution is -2.33. The fourth-order valence-corrected chi connectivity index (χ4v) is 3.81. The Balaban J connectivity index is 1.80. The summed E-state index contributed by atoms with van der Waals surface area (Å²) in [6, 6.07) is 2.53. The second kappa shape index (κ2) is 5.21. The van der Waals surface area contributed by atoms with Crippen LogP contribution in [-0.2, 0) is 0 Å². The third-order valence-electron chi connectivity index (χ3n) is 5.20. The summed E-state index contributed by atoms with van der Waals surface area (Å²) < 4.78 is 3.19. The highest BCUT2D eigenvalue weighted by Crippen LogP contribution is 2.40. The van der Waals surface area contributed by atoms with Crippen LogP contribution in [0.15, 0.2) is 16.7 Å². The fourth-order valence-electron chi connectivity index (χ4n) is 3.37. The van der Waals surface area contributed by atoms with Crippen molar-refractivity contribution in [3.05, 3.63) is 22.4 Å². The van der Waals surface area contributed by atoms with Crippen molar-refractivity contribution in [2.24, 2.45) is 5.41 Å². The minimum Gasteiger partial charge on any atom is -0.339 e. The van der Waals surface area contributed by atoms with Gasteiger partial charge in [0.15, 0.2) is 0 Å². The van der Waals surface area contributed by atoms with Crippen LogP contribution in [0.5, 0.6) is 0 Å². The zero-order valence-electron chi connectivity index (χ0n) is 12.4. The molecular weight excluding hydrogens is 316 g/mol. The molecule has 110 valence electrons. The van der Waals surface area contributed by atoms with Crippen LogP contribution in [-0.4, -0.2) is 28.5 Å². The highest BCUT2D eigenvalue weighted by atomic mass is 79.9. The summed E-state index contributed by atoms with van der Waals surface area (Å²) in [5.41, 5.74) is 1.21. The molecule has 1 aliphatic heterocycles. The Morgan fingerprint density at radius 3 is 2.65 bits per heavy atom. The van der Waals surface area contributed by atoms with Crippen molar-refractivity contribution in [2.45, 2.75) is 52.0 Å². The predicted molar refractivity (Wildman–Crippen MR) is 83.9 cm³/mol. The van der Waals surface area contributed by atoms with Gasteiger partial charge in [0.1, 0.15) is 5.69 Å². The molecule has 0 bridgehead atoms. The van der Waals surface area contributed by atoms with Crippen LogP contribution in [0.3, 0.4) is 0 Å². The van der Waals surface area contributed by atoms with Gasteiger partial charge in [-0.1, -0.05) is 13.8 Å². The van der Waals surface area contributed by atoms with Crippen molar-refractivity contribution < 1.29 is 4.79 Å². The molecule has 0 spiro atoms. The number of aromatic nitrogens is 1. The summed E-state index contributed by atoms with van der Waals surface area (Å²) in [7, 11) is 0. The number of likely N-dealkylation sites (tertiary alicyclic amines) is 1. The smallest absolute Gasteiger partial charge is 0.270 e. The molecule has 3 rings (SSSR count). The molecule has 4 heteroatoms. The molecule has 1 aromatic rings. The number of halogens is 1. The first-order valence-electron chi connectivity index (χ1n) is 7.75. The topological polar surface area (TPSA) is 25.2 Å². The van der Waals surface area contributed by atoms with Crippen LogP contribution >= 0.6 is 15.9 Å². The van der Waals surface area contributed by atoms with E-state index in [0.29, 0.717) is 11.5 Å². The Labute approximate surface area is 129 Å². The Morgan fingerprint density at radius 2 is 2.10 bits per heavy atom. The second-order valence-electron chi connectivity index (χ2n) is 6.37. The van der Waals surface area contributed by atoms with E-state index in [0.717, 1.165) is 29.7 Å². The molecule has 3 nitrogen and oxygen atoms in total. The van der Waals surface area contributed by atoms with Crippen molar-refractivity contribution >= 4 is 21.8 Å². The molecule has 2 aliphatic rings. The monoisotopic (exact) mass is 338 g/mol. The third kappa shape index (κ3) is 2.43. The van der Waals surface area contributed by atoms with Gasteiger partial charge in [-0.2, -0.15) is 0 Å². The lowest BCUT2D eigenvalue weighted by molar-refractivity contribution is 0.0759. The molecule has 1 aromatic heterocycles. The summed E-state index contributed by atoms with van der Waals surface area (Å²) in [5, 5.41) is 0. The van der Waals surface area contributed by atoms with E-state index < -0.39 is 0 Å². The average molecular weight is 339 g/mol. The van der Waals surface area contributed by atoms with Gasteiger partial charge in [-0.25, -0.2) is 0 Å². The van der Waals surface area contributed by atoms with Crippen molar-refractivity contribution in [3.63, 3.8) is 0 Å². The highest BCUT2D eigenvalue weighted by Gasteiger charge is 2.38. The normalized spacial score (nSPS) is 21.4. The zero-order chi connectivity index (χ0) is 14.3. The Morgan fingerprint density at radius 1 is 1.40 bits per heavy atom. The maximum Gasteiger partial charge on any atom is 0.270 e. The van der Waals surface area contributed by atoms with Crippen molar-refractivity contribution in [3.8, 4) is 0 Å². The Bertz CT molecular complexity index is 515. The number of nitrogens with zero attached hydrogens (tertiary/aromatic N) is 2. The van der Waals surface area contributed by atoms with E-state index in [4.69, 9.17) is 0 Å². The predicted octanol–water partition coefficient (Wildman–Crippen LogP) is 4.24. The minimum atomic E-state index is 0.214. The van der Waals surface area contributed by atoms with Crippen LogP contribution in [0.25, 0.3) is 0 Å². The Kier molecular flexibility index (Phi) is 3.69. The van der Waals surface area contributed by atoms with E-state index in [9.17, 15) is 4.79 Å². The molecule has 1 amide bonds. The van der Waals surface area contributed by atoms with E-state index >= 15 is 0 Å². The van der Waals surface area contributed by atoms with Crippen LogP contribution in [0.2, 0.25) is 0 Å². The lowest BCUT2D eigenvalue weighted by atomic mass is 9.82. The molecule has 0 radical (unpaired) electrons. The van der Waals surface area contributed by atoms with Gasteiger partial charge >= 0.3 is 0 Å². The number of amides is 1. The maximum atomic E-state index is 12.8. The van der Waals surface area contributed by atoms with E-state index in [1.165, 1.54) is 25.7 Å². The zero-order valence-corrected chi connectivity index (χ0v) is 13.9. The average Bonchev–Trinajstić information content (AvgIpc) is 3.09. The van der Waals surface area contributed by atoms with Gasteiger partial charge in [-0.3, -0.25) is 4.79 Å². The molecule has 0 aromatic carbocycles. The fraction of sp³-hybridized carbons (Fsp3) is 0.688. The minimum absolute atomic E-state index is 0.214. The molecule has 0 unspecified atom stereocenters. The van der Waals surface area contributed by atoms with Gasteiger partial charge in [0.2, 0.25) is 0 Å². The standard InChI is InChI=1S/C16H23BrN2O/c1-3-16(4-2)7-8-18(11-16)15(20)14-9-12(17)10-19(14)13-5-6-13/h9-10,13H,3-8,11H2,1-2H3. The summed E-state index contributed by atoms with van der Waals surface area (Å²) in [6.07, 6.45) is 7.96. The van der Waals surface area contributed by atoms with E-state index in [1.807, 2.05) is 6.07 Å². The highest BCUT2D eigenvalue weighted by molar-refractivity contribution is 9.10. The summed E-state index contributed by atoms with van der Waals surface area (Å²) in [5.74, 6) is 0.214. The van der Waals surface area contributed by atoms with Gasteiger partial charge in [-0.15, -0.1) is 0 Å². The lowest BCUT2D eigenvalue weighted by Gasteiger charge is -2.26. The first-order chi connectivity index (χ1) is 9.58. The van der Waals surface area contributed by atoms with E-state index in [1.54, 1.807) is 0 Å². The molecule has 1 saturated carbocycles. The van der Waals surface area contributed by atoms with Gasteiger partial charge < -0.3 is 9.47 Å². The maximum absolute atomic E-state index is 12.8.